The number of amides is 1. The van der Waals surface area contributed by atoms with Crippen LogP contribution in [0.2, 0.25) is 0 Å². The van der Waals surface area contributed by atoms with Gasteiger partial charge in [0.15, 0.2) is 0 Å². The van der Waals surface area contributed by atoms with Gasteiger partial charge in [0.05, 0.1) is 5.56 Å². The zero-order valence-electron chi connectivity index (χ0n) is 12.1. The maximum atomic E-state index is 12.5. The SMILES string of the molecule is Cc1ccc(C(=O)N2CCCC(C3CCCN3)C2)cn1. The maximum Gasteiger partial charge on any atom is 0.255 e. The zero-order chi connectivity index (χ0) is 13.9. The van der Waals surface area contributed by atoms with Gasteiger partial charge in [-0.1, -0.05) is 0 Å². The highest BCUT2D eigenvalue weighted by Gasteiger charge is 2.31. The lowest BCUT2D eigenvalue weighted by atomic mass is 9.89. The molecule has 0 spiro atoms. The average molecular weight is 273 g/mol. The van der Waals surface area contributed by atoms with E-state index in [1.165, 1.54) is 19.3 Å². The molecule has 2 atom stereocenters. The van der Waals surface area contributed by atoms with Gasteiger partial charge in [-0.05, 0) is 57.2 Å². The molecule has 1 amide bonds. The molecule has 0 radical (unpaired) electrons. The van der Waals surface area contributed by atoms with E-state index >= 15 is 0 Å². The number of carbonyl (C=O) groups excluding carboxylic acids is 1. The highest BCUT2D eigenvalue weighted by Crippen LogP contribution is 2.25. The van der Waals surface area contributed by atoms with Gasteiger partial charge in [-0.15, -0.1) is 0 Å². The van der Waals surface area contributed by atoms with E-state index in [1.54, 1.807) is 6.20 Å². The molecule has 1 aromatic heterocycles. The fourth-order valence-electron chi connectivity index (χ4n) is 3.41. The van der Waals surface area contributed by atoms with E-state index in [4.69, 9.17) is 0 Å². The third kappa shape index (κ3) is 2.85. The molecule has 3 rings (SSSR count). The smallest absolute Gasteiger partial charge is 0.255 e. The second kappa shape index (κ2) is 5.92. The lowest BCUT2D eigenvalue weighted by Crippen LogP contribution is -2.45. The van der Waals surface area contributed by atoms with Gasteiger partial charge in [0, 0.05) is 31.0 Å². The Balaban J connectivity index is 1.66. The number of hydrogen-bond donors (Lipinski definition) is 1. The van der Waals surface area contributed by atoms with E-state index in [-0.39, 0.29) is 5.91 Å². The summed E-state index contributed by atoms with van der Waals surface area (Å²) >= 11 is 0. The van der Waals surface area contributed by atoms with Gasteiger partial charge in [0.1, 0.15) is 0 Å². The minimum atomic E-state index is 0.139. The first kappa shape index (κ1) is 13.6. The van der Waals surface area contributed by atoms with Crippen LogP contribution in [0, 0.1) is 12.8 Å². The Hall–Kier alpha value is -1.42. The lowest BCUT2D eigenvalue weighted by Gasteiger charge is -2.35. The number of likely N-dealkylation sites (tertiary alicyclic amines) is 1. The zero-order valence-corrected chi connectivity index (χ0v) is 12.1. The molecular weight excluding hydrogens is 250 g/mol. The summed E-state index contributed by atoms with van der Waals surface area (Å²) in [4.78, 5) is 18.8. The molecule has 4 nitrogen and oxygen atoms in total. The Labute approximate surface area is 120 Å². The van der Waals surface area contributed by atoms with Crippen LogP contribution in [-0.2, 0) is 0 Å². The van der Waals surface area contributed by atoms with Crippen LogP contribution in [-0.4, -0.2) is 41.5 Å². The molecule has 1 N–H and O–H groups in total. The highest BCUT2D eigenvalue weighted by molar-refractivity contribution is 5.94. The summed E-state index contributed by atoms with van der Waals surface area (Å²) in [5.74, 6) is 0.758. The summed E-state index contributed by atoms with van der Waals surface area (Å²) in [7, 11) is 0. The Kier molecular flexibility index (Phi) is 4.01. The van der Waals surface area contributed by atoms with Gasteiger partial charge in [0.25, 0.3) is 5.91 Å². The van der Waals surface area contributed by atoms with Gasteiger partial charge in [-0.2, -0.15) is 0 Å². The Morgan fingerprint density at radius 1 is 1.35 bits per heavy atom. The van der Waals surface area contributed by atoms with Crippen LogP contribution in [0.4, 0.5) is 0 Å². The van der Waals surface area contributed by atoms with Crippen molar-refractivity contribution in [1.29, 1.82) is 0 Å². The van der Waals surface area contributed by atoms with Crippen molar-refractivity contribution in [1.82, 2.24) is 15.2 Å². The Morgan fingerprint density at radius 2 is 2.25 bits per heavy atom. The van der Waals surface area contributed by atoms with Crippen molar-refractivity contribution in [2.45, 2.75) is 38.6 Å². The van der Waals surface area contributed by atoms with Crippen LogP contribution in [0.15, 0.2) is 18.3 Å². The molecule has 0 bridgehead atoms. The number of rotatable bonds is 2. The minimum absolute atomic E-state index is 0.139. The van der Waals surface area contributed by atoms with E-state index < -0.39 is 0 Å². The average Bonchev–Trinajstić information content (AvgIpc) is 3.02. The van der Waals surface area contributed by atoms with E-state index in [1.807, 2.05) is 24.0 Å². The first-order valence-corrected chi connectivity index (χ1v) is 7.69. The molecule has 2 aliphatic rings. The molecule has 2 fully saturated rings. The highest BCUT2D eigenvalue weighted by atomic mass is 16.2. The normalized spacial score (nSPS) is 26.8. The van der Waals surface area contributed by atoms with Crippen LogP contribution in [0.25, 0.3) is 0 Å². The van der Waals surface area contributed by atoms with Crippen LogP contribution in [0.1, 0.15) is 41.7 Å². The summed E-state index contributed by atoms with van der Waals surface area (Å²) in [5.41, 5.74) is 1.67. The summed E-state index contributed by atoms with van der Waals surface area (Å²) in [6, 6.07) is 4.41. The van der Waals surface area contributed by atoms with E-state index in [9.17, 15) is 4.79 Å². The monoisotopic (exact) mass is 273 g/mol. The third-order valence-electron chi connectivity index (χ3n) is 4.57. The van der Waals surface area contributed by atoms with Crippen molar-refractivity contribution in [3.05, 3.63) is 29.6 Å². The van der Waals surface area contributed by atoms with Gasteiger partial charge in [-0.25, -0.2) is 0 Å². The fourth-order valence-corrected chi connectivity index (χ4v) is 3.41. The first-order valence-electron chi connectivity index (χ1n) is 7.69. The van der Waals surface area contributed by atoms with E-state index in [2.05, 4.69) is 10.3 Å². The van der Waals surface area contributed by atoms with Crippen LogP contribution in [0.5, 0.6) is 0 Å². The predicted octanol–water partition coefficient (Wildman–Crippen LogP) is 1.99. The van der Waals surface area contributed by atoms with Crippen molar-refractivity contribution in [2.24, 2.45) is 5.92 Å². The minimum Gasteiger partial charge on any atom is -0.338 e. The molecular formula is C16H23N3O. The van der Waals surface area contributed by atoms with E-state index in [0.29, 0.717) is 12.0 Å². The van der Waals surface area contributed by atoms with Crippen LogP contribution < -0.4 is 5.32 Å². The third-order valence-corrected chi connectivity index (χ3v) is 4.57. The first-order chi connectivity index (χ1) is 9.74. The van der Waals surface area contributed by atoms with Crippen molar-refractivity contribution >= 4 is 5.91 Å². The molecule has 0 aliphatic carbocycles. The van der Waals surface area contributed by atoms with Crippen LogP contribution >= 0.6 is 0 Å². The van der Waals surface area contributed by atoms with Gasteiger partial charge in [-0.3, -0.25) is 9.78 Å². The van der Waals surface area contributed by atoms with Gasteiger partial charge < -0.3 is 10.2 Å². The molecule has 0 aromatic carbocycles. The number of aryl methyl sites for hydroxylation is 1. The standard InChI is InChI=1S/C16H23N3O/c1-12-6-7-13(10-18-12)16(20)19-9-3-4-14(11-19)15-5-2-8-17-15/h6-7,10,14-15,17H,2-5,8-9,11H2,1H3. The molecule has 2 unspecified atom stereocenters. The number of hydrogen-bond acceptors (Lipinski definition) is 3. The van der Waals surface area contributed by atoms with Crippen molar-refractivity contribution in [3.8, 4) is 0 Å². The fraction of sp³-hybridized carbons (Fsp3) is 0.625. The summed E-state index contributed by atoms with van der Waals surface area (Å²) in [6.07, 6.45) is 6.60. The number of carbonyl (C=O) groups is 1. The Bertz CT molecular complexity index is 465. The molecule has 1 aromatic rings. The number of pyridine rings is 1. The van der Waals surface area contributed by atoms with Gasteiger partial charge >= 0.3 is 0 Å². The quantitative estimate of drug-likeness (QED) is 0.896. The maximum absolute atomic E-state index is 12.5. The number of piperidine rings is 1. The molecule has 2 aliphatic heterocycles. The molecule has 4 heteroatoms. The largest absolute Gasteiger partial charge is 0.338 e. The van der Waals surface area contributed by atoms with Crippen molar-refractivity contribution < 1.29 is 4.79 Å². The molecule has 3 heterocycles. The number of aromatic nitrogens is 1. The molecule has 20 heavy (non-hydrogen) atoms. The Morgan fingerprint density at radius 3 is 2.95 bits per heavy atom. The van der Waals surface area contributed by atoms with Gasteiger partial charge in [0.2, 0.25) is 0 Å². The second-order valence-corrected chi connectivity index (χ2v) is 6.04. The van der Waals surface area contributed by atoms with E-state index in [0.717, 1.165) is 37.3 Å². The molecule has 108 valence electrons. The molecule has 0 saturated carbocycles. The van der Waals surface area contributed by atoms with Crippen LogP contribution in [0.3, 0.4) is 0 Å². The summed E-state index contributed by atoms with van der Waals surface area (Å²) < 4.78 is 0. The second-order valence-electron chi connectivity index (χ2n) is 6.04. The predicted molar refractivity (Wildman–Crippen MR) is 78.6 cm³/mol. The van der Waals surface area contributed by atoms with Crippen molar-refractivity contribution in [2.75, 3.05) is 19.6 Å². The lowest BCUT2D eigenvalue weighted by molar-refractivity contribution is 0.0650. The molecule has 2 saturated heterocycles. The summed E-state index contributed by atoms with van der Waals surface area (Å²) in [6.45, 7) is 4.86. The number of nitrogens with one attached hydrogen (secondary N) is 1. The number of nitrogens with zero attached hydrogens (tertiary/aromatic N) is 2. The summed E-state index contributed by atoms with van der Waals surface area (Å²) in [5, 5.41) is 3.58. The van der Waals surface area contributed by atoms with Crippen molar-refractivity contribution in [3.63, 3.8) is 0 Å². The topological polar surface area (TPSA) is 45.2 Å².